The Kier molecular flexibility index (Phi) is 5.07. The van der Waals surface area contributed by atoms with Crippen LogP contribution >= 0.6 is 0 Å². The molecule has 0 saturated carbocycles. The minimum absolute atomic E-state index is 0.0264. The monoisotopic (exact) mass is 311 g/mol. The molecule has 120 valence electrons. The van der Waals surface area contributed by atoms with Gasteiger partial charge >= 0.3 is 0 Å². The average molecular weight is 311 g/mol. The molecule has 0 bridgehead atoms. The summed E-state index contributed by atoms with van der Waals surface area (Å²) < 4.78 is 26.0. The van der Waals surface area contributed by atoms with Crippen molar-refractivity contribution in [1.29, 1.82) is 0 Å². The Labute approximate surface area is 127 Å². The number of rotatable bonds is 3. The summed E-state index contributed by atoms with van der Waals surface area (Å²) in [6.45, 7) is 5.64. The van der Waals surface area contributed by atoms with Gasteiger partial charge in [0, 0.05) is 44.9 Å². The quantitative estimate of drug-likeness (QED) is 0.919. The molecule has 0 spiro atoms. The van der Waals surface area contributed by atoms with Gasteiger partial charge in [0.1, 0.15) is 0 Å². The Balaban J connectivity index is 1.92. The fraction of sp³-hybridized carbons (Fsp3) is 0.467. The lowest BCUT2D eigenvalue weighted by molar-refractivity contribution is -0.131. The van der Waals surface area contributed by atoms with Crippen LogP contribution in [0.4, 0.5) is 14.5 Å². The third-order valence-corrected chi connectivity index (χ3v) is 3.87. The average Bonchev–Trinajstić information content (AvgIpc) is 2.50. The van der Waals surface area contributed by atoms with E-state index < -0.39 is 17.7 Å². The summed E-state index contributed by atoms with van der Waals surface area (Å²) in [7, 11) is 0. The fourth-order valence-corrected chi connectivity index (χ4v) is 2.41. The van der Waals surface area contributed by atoms with Crippen LogP contribution in [-0.2, 0) is 9.59 Å². The zero-order valence-electron chi connectivity index (χ0n) is 12.6. The van der Waals surface area contributed by atoms with Gasteiger partial charge in [-0.3, -0.25) is 14.5 Å². The molecule has 0 radical (unpaired) electrons. The van der Waals surface area contributed by atoms with Crippen LogP contribution in [0.25, 0.3) is 0 Å². The summed E-state index contributed by atoms with van der Waals surface area (Å²) in [6, 6.07) is 2.83. The van der Waals surface area contributed by atoms with Gasteiger partial charge in [-0.15, -0.1) is 0 Å². The van der Waals surface area contributed by atoms with Gasteiger partial charge in [0.25, 0.3) is 0 Å². The summed E-state index contributed by atoms with van der Waals surface area (Å²) in [6.07, 6.45) is 0. The van der Waals surface area contributed by atoms with E-state index in [0.717, 1.165) is 12.1 Å². The Morgan fingerprint density at radius 2 is 1.77 bits per heavy atom. The van der Waals surface area contributed by atoms with Crippen LogP contribution in [0, 0.1) is 11.6 Å². The summed E-state index contributed by atoms with van der Waals surface area (Å²) in [5.41, 5.74) is 0.220. The van der Waals surface area contributed by atoms with Crippen LogP contribution in [0.3, 0.4) is 0 Å². The van der Waals surface area contributed by atoms with Crippen LogP contribution in [0.5, 0.6) is 0 Å². The molecule has 1 heterocycles. The summed E-state index contributed by atoms with van der Waals surface area (Å²) in [5, 5.41) is 2.57. The zero-order valence-corrected chi connectivity index (χ0v) is 12.6. The van der Waals surface area contributed by atoms with E-state index in [1.165, 1.54) is 13.0 Å². The molecule has 1 fully saturated rings. The maximum absolute atomic E-state index is 13.1. The maximum Gasteiger partial charge on any atom is 0.241 e. The molecular formula is C15H19F2N3O2. The molecule has 1 N–H and O–H groups in total. The first-order valence-corrected chi connectivity index (χ1v) is 7.14. The van der Waals surface area contributed by atoms with Gasteiger partial charge in [-0.25, -0.2) is 8.78 Å². The fourth-order valence-electron chi connectivity index (χ4n) is 2.41. The Morgan fingerprint density at radius 3 is 2.32 bits per heavy atom. The van der Waals surface area contributed by atoms with Crippen molar-refractivity contribution in [1.82, 2.24) is 9.80 Å². The molecule has 1 aromatic carbocycles. The predicted molar refractivity (Wildman–Crippen MR) is 78.3 cm³/mol. The van der Waals surface area contributed by atoms with E-state index in [1.54, 1.807) is 11.8 Å². The molecule has 2 rings (SSSR count). The highest BCUT2D eigenvalue weighted by Gasteiger charge is 2.26. The second-order valence-electron chi connectivity index (χ2n) is 5.34. The van der Waals surface area contributed by atoms with E-state index in [-0.39, 0.29) is 17.5 Å². The van der Waals surface area contributed by atoms with Crippen molar-refractivity contribution in [3.8, 4) is 0 Å². The van der Waals surface area contributed by atoms with Crippen LogP contribution < -0.4 is 5.32 Å². The van der Waals surface area contributed by atoms with E-state index in [0.29, 0.717) is 26.2 Å². The minimum atomic E-state index is -1.000. The Morgan fingerprint density at radius 1 is 1.14 bits per heavy atom. The number of amides is 2. The second-order valence-corrected chi connectivity index (χ2v) is 5.34. The summed E-state index contributed by atoms with van der Waals surface area (Å²) in [4.78, 5) is 27.1. The van der Waals surface area contributed by atoms with Gasteiger partial charge in [-0.1, -0.05) is 0 Å². The summed E-state index contributed by atoms with van der Waals surface area (Å²) in [5.74, 6) is -2.22. The van der Waals surface area contributed by atoms with E-state index in [2.05, 4.69) is 5.32 Å². The van der Waals surface area contributed by atoms with Crippen molar-refractivity contribution < 1.29 is 18.4 Å². The van der Waals surface area contributed by atoms with Crippen LogP contribution in [0.2, 0.25) is 0 Å². The van der Waals surface area contributed by atoms with E-state index in [9.17, 15) is 18.4 Å². The topological polar surface area (TPSA) is 52.7 Å². The molecule has 1 aliphatic heterocycles. The van der Waals surface area contributed by atoms with Gasteiger partial charge in [-0.05, 0) is 19.1 Å². The number of hydrogen-bond acceptors (Lipinski definition) is 3. The Bertz CT molecular complexity index is 572. The van der Waals surface area contributed by atoms with Crippen molar-refractivity contribution >= 4 is 17.5 Å². The molecule has 1 aliphatic rings. The van der Waals surface area contributed by atoms with Crippen molar-refractivity contribution in [2.45, 2.75) is 19.9 Å². The number of carbonyl (C=O) groups excluding carboxylic acids is 2. The first-order chi connectivity index (χ1) is 10.4. The first kappa shape index (κ1) is 16.4. The maximum atomic E-state index is 13.1. The molecule has 0 aliphatic carbocycles. The molecule has 1 saturated heterocycles. The number of nitrogens with zero attached hydrogens (tertiary/aromatic N) is 2. The Hall–Kier alpha value is -2.02. The number of hydrogen-bond donors (Lipinski definition) is 1. The van der Waals surface area contributed by atoms with Crippen LogP contribution in [0.15, 0.2) is 18.2 Å². The number of halogens is 2. The van der Waals surface area contributed by atoms with Gasteiger partial charge in [-0.2, -0.15) is 0 Å². The number of carbonyl (C=O) groups is 2. The van der Waals surface area contributed by atoms with Gasteiger partial charge in [0.05, 0.1) is 6.04 Å². The SMILES string of the molecule is CC(=O)N1CCN(C(C)C(=O)Nc2ccc(F)c(F)c2)CC1. The normalized spacial score (nSPS) is 17.2. The van der Waals surface area contributed by atoms with Crippen LogP contribution in [0.1, 0.15) is 13.8 Å². The molecule has 0 aromatic heterocycles. The molecular weight excluding hydrogens is 292 g/mol. The molecule has 22 heavy (non-hydrogen) atoms. The van der Waals surface area contributed by atoms with E-state index >= 15 is 0 Å². The summed E-state index contributed by atoms with van der Waals surface area (Å²) >= 11 is 0. The van der Waals surface area contributed by atoms with Crippen molar-refractivity contribution in [3.63, 3.8) is 0 Å². The highest BCUT2D eigenvalue weighted by molar-refractivity contribution is 5.94. The number of piperazine rings is 1. The van der Waals surface area contributed by atoms with E-state index in [1.807, 2.05) is 4.90 Å². The highest BCUT2D eigenvalue weighted by Crippen LogP contribution is 2.14. The lowest BCUT2D eigenvalue weighted by atomic mass is 10.2. The number of anilines is 1. The predicted octanol–water partition coefficient (Wildman–Crippen LogP) is 1.46. The molecule has 5 nitrogen and oxygen atoms in total. The third kappa shape index (κ3) is 3.79. The third-order valence-electron chi connectivity index (χ3n) is 3.87. The van der Waals surface area contributed by atoms with Gasteiger partial charge < -0.3 is 10.2 Å². The first-order valence-electron chi connectivity index (χ1n) is 7.14. The smallest absolute Gasteiger partial charge is 0.241 e. The molecule has 1 atom stereocenters. The lowest BCUT2D eigenvalue weighted by Gasteiger charge is -2.37. The van der Waals surface area contributed by atoms with Crippen molar-refractivity contribution in [2.75, 3.05) is 31.5 Å². The highest BCUT2D eigenvalue weighted by atomic mass is 19.2. The zero-order chi connectivity index (χ0) is 16.3. The standard InChI is InChI=1S/C15H19F2N3O2/c1-10(19-5-7-20(8-6-19)11(2)21)15(22)18-12-3-4-13(16)14(17)9-12/h3-4,9-10H,5-8H2,1-2H3,(H,18,22). The molecule has 2 amide bonds. The van der Waals surface area contributed by atoms with Crippen LogP contribution in [-0.4, -0.2) is 53.8 Å². The molecule has 1 unspecified atom stereocenters. The number of benzene rings is 1. The molecule has 7 heteroatoms. The van der Waals surface area contributed by atoms with Gasteiger partial charge in [0.2, 0.25) is 11.8 Å². The number of nitrogens with one attached hydrogen (secondary N) is 1. The largest absolute Gasteiger partial charge is 0.340 e. The van der Waals surface area contributed by atoms with E-state index in [4.69, 9.17) is 0 Å². The second kappa shape index (κ2) is 6.83. The lowest BCUT2D eigenvalue weighted by Crippen LogP contribution is -2.53. The molecule has 1 aromatic rings. The van der Waals surface area contributed by atoms with Crippen molar-refractivity contribution in [2.24, 2.45) is 0 Å². The minimum Gasteiger partial charge on any atom is -0.340 e. The van der Waals surface area contributed by atoms with Gasteiger partial charge in [0.15, 0.2) is 11.6 Å². The van der Waals surface area contributed by atoms with Crippen molar-refractivity contribution in [3.05, 3.63) is 29.8 Å².